The Balaban J connectivity index is 1.27. The monoisotopic (exact) mass is 682 g/mol. The van der Waals surface area contributed by atoms with Crippen molar-refractivity contribution in [1.29, 1.82) is 5.26 Å². The third-order valence-electron chi connectivity index (χ3n) is 8.19. The first kappa shape index (κ1) is 32.4. The van der Waals surface area contributed by atoms with Crippen molar-refractivity contribution in [2.24, 2.45) is 0 Å². The number of carboxylic acids is 1. The fourth-order valence-corrected chi connectivity index (χ4v) is 7.20. The quantitative estimate of drug-likeness (QED) is 0.197. The van der Waals surface area contributed by atoms with Crippen molar-refractivity contribution in [3.05, 3.63) is 80.1 Å². The number of nitriles is 1. The number of alkyl halides is 3. The zero-order valence-electron chi connectivity index (χ0n) is 24.8. The van der Waals surface area contributed by atoms with E-state index in [2.05, 4.69) is 15.0 Å². The van der Waals surface area contributed by atoms with E-state index in [0.717, 1.165) is 0 Å². The highest BCUT2D eigenvalue weighted by molar-refractivity contribution is 7.18. The molecule has 1 aliphatic rings. The Bertz CT molecular complexity index is 2120. The van der Waals surface area contributed by atoms with Gasteiger partial charge in [-0.2, -0.15) is 18.4 Å². The minimum absolute atomic E-state index is 0.0408. The number of thiophene rings is 1. The normalized spacial score (nSPS) is 14.5. The Kier molecular flexibility index (Phi) is 8.88. The van der Waals surface area contributed by atoms with Gasteiger partial charge in [0.25, 0.3) is 5.56 Å². The number of carbonyl (C=O) groups is 1. The first-order valence-electron chi connectivity index (χ1n) is 14.6. The summed E-state index contributed by atoms with van der Waals surface area (Å²) in [5, 5.41) is 21.4. The number of aromatic nitrogens is 4. The number of halogens is 4. The van der Waals surface area contributed by atoms with Crippen molar-refractivity contribution in [2.45, 2.75) is 38.4 Å². The molecule has 10 nitrogen and oxygen atoms in total. The minimum atomic E-state index is -4.28. The van der Waals surface area contributed by atoms with E-state index in [4.69, 9.17) is 16.3 Å². The van der Waals surface area contributed by atoms with Crippen LogP contribution in [0, 0.1) is 18.3 Å². The van der Waals surface area contributed by atoms with Gasteiger partial charge in [-0.15, -0.1) is 11.3 Å². The molecule has 0 radical (unpaired) electrons. The van der Waals surface area contributed by atoms with Gasteiger partial charge in [0, 0.05) is 39.8 Å². The molecule has 5 heterocycles. The average Bonchev–Trinajstić information content (AvgIpc) is 3.47. The van der Waals surface area contributed by atoms with Crippen LogP contribution in [0.25, 0.3) is 32.2 Å². The highest BCUT2D eigenvalue weighted by Gasteiger charge is 2.34. The van der Waals surface area contributed by atoms with Gasteiger partial charge in [0.1, 0.15) is 29.8 Å². The van der Waals surface area contributed by atoms with Crippen LogP contribution >= 0.6 is 22.9 Å². The Morgan fingerprint density at radius 2 is 1.96 bits per heavy atom. The summed E-state index contributed by atoms with van der Waals surface area (Å²) >= 11 is 7.58. The van der Waals surface area contributed by atoms with Crippen LogP contribution in [-0.2, 0) is 6.54 Å². The molecule has 5 aromatic rings. The lowest BCUT2D eigenvalue weighted by atomic mass is 9.91. The van der Waals surface area contributed by atoms with Gasteiger partial charge >= 0.3 is 12.1 Å². The Morgan fingerprint density at radius 3 is 2.66 bits per heavy atom. The molecule has 4 aromatic heterocycles. The lowest BCUT2D eigenvalue weighted by Crippen LogP contribution is -2.39. The lowest BCUT2D eigenvalue weighted by Gasteiger charge is -2.32. The summed E-state index contributed by atoms with van der Waals surface area (Å²) in [4.78, 5) is 40.3. The van der Waals surface area contributed by atoms with E-state index >= 15 is 0 Å². The summed E-state index contributed by atoms with van der Waals surface area (Å²) in [6, 6.07) is 8.83. The van der Waals surface area contributed by atoms with Gasteiger partial charge < -0.3 is 9.84 Å². The molecule has 242 valence electrons. The van der Waals surface area contributed by atoms with Crippen molar-refractivity contribution in [1.82, 2.24) is 24.4 Å². The van der Waals surface area contributed by atoms with Crippen molar-refractivity contribution in [2.75, 3.05) is 26.2 Å². The molecular formula is C32H26ClF3N6O4S. The number of rotatable bonds is 8. The second-order valence-electron chi connectivity index (χ2n) is 11.2. The molecule has 6 rings (SSSR count). The molecule has 0 spiro atoms. The molecule has 0 aliphatic carbocycles. The predicted molar refractivity (Wildman–Crippen MR) is 170 cm³/mol. The number of hydrogen-bond acceptors (Lipinski definition) is 9. The number of likely N-dealkylation sites (tertiary alicyclic amines) is 1. The number of pyridine rings is 2. The van der Waals surface area contributed by atoms with Gasteiger partial charge in [0.15, 0.2) is 0 Å². The lowest BCUT2D eigenvalue weighted by molar-refractivity contribution is -0.147. The number of piperidine rings is 1. The topological polar surface area (TPSA) is 134 Å². The summed E-state index contributed by atoms with van der Waals surface area (Å²) < 4.78 is 46.9. The van der Waals surface area contributed by atoms with Crippen molar-refractivity contribution < 1.29 is 27.8 Å². The fraction of sp³-hybridized carbons (Fsp3) is 0.312. The van der Waals surface area contributed by atoms with E-state index in [9.17, 15) is 33.1 Å². The molecule has 0 unspecified atom stereocenters. The Morgan fingerprint density at radius 1 is 1.19 bits per heavy atom. The molecule has 0 saturated carbocycles. The van der Waals surface area contributed by atoms with Gasteiger partial charge in [-0.1, -0.05) is 11.6 Å². The Labute approximate surface area is 274 Å². The maximum absolute atomic E-state index is 13.8. The van der Waals surface area contributed by atoms with Gasteiger partial charge in [-0.25, -0.2) is 9.78 Å². The highest BCUT2D eigenvalue weighted by atomic mass is 35.5. The number of nitrogens with zero attached hydrogens (tertiary/aromatic N) is 6. The van der Waals surface area contributed by atoms with Crippen LogP contribution in [0.15, 0.2) is 46.8 Å². The molecule has 1 aliphatic heterocycles. The van der Waals surface area contributed by atoms with Crippen molar-refractivity contribution in [3.63, 3.8) is 0 Å². The molecule has 47 heavy (non-hydrogen) atoms. The van der Waals surface area contributed by atoms with Crippen LogP contribution in [0.5, 0.6) is 5.75 Å². The zero-order valence-corrected chi connectivity index (χ0v) is 26.4. The maximum atomic E-state index is 13.8. The smallest absolute Gasteiger partial charge is 0.401 e. The summed E-state index contributed by atoms with van der Waals surface area (Å²) in [6.07, 6.45) is -0.603. The third kappa shape index (κ3) is 6.51. The van der Waals surface area contributed by atoms with Crippen LogP contribution in [0.3, 0.4) is 0 Å². The fourth-order valence-electron chi connectivity index (χ4n) is 6.00. The second kappa shape index (κ2) is 12.9. The van der Waals surface area contributed by atoms with Crippen LogP contribution < -0.4 is 10.3 Å². The van der Waals surface area contributed by atoms with Crippen LogP contribution in [0.2, 0.25) is 5.02 Å². The summed E-state index contributed by atoms with van der Waals surface area (Å²) in [7, 11) is 0. The number of aryl methyl sites for hydroxylation is 1. The van der Waals surface area contributed by atoms with E-state index in [1.807, 2.05) is 6.07 Å². The standard InChI is InChI=1S/C32H26ClF3N6O4S/c1-17-40-28-25(19(13-37)14-39-26(28)18-5-8-41(9-6-18)16-32(34,35)36)30(43)42(17)10-11-46-24-3-2-20(33)12-22(24)21-4-7-38-27-23(31(44)45)15-47-29(21)27/h2-4,7,12,14-15,18H,5-6,8-11,16H2,1H3,(H,44,45). The largest absolute Gasteiger partial charge is 0.491 e. The van der Waals surface area contributed by atoms with Gasteiger partial charge in [-0.3, -0.25) is 24.2 Å². The molecule has 1 fully saturated rings. The van der Waals surface area contributed by atoms with Gasteiger partial charge in [-0.05, 0) is 57.1 Å². The van der Waals surface area contributed by atoms with Gasteiger partial charge in [0.05, 0.1) is 45.5 Å². The Hall–Kier alpha value is -4.58. The molecular weight excluding hydrogens is 657 g/mol. The molecule has 1 saturated heterocycles. The molecule has 15 heteroatoms. The number of aromatic carboxylic acids is 1. The molecule has 1 aromatic carbocycles. The van der Waals surface area contributed by atoms with E-state index in [0.29, 0.717) is 56.5 Å². The summed E-state index contributed by atoms with van der Waals surface area (Å²) in [5.74, 6) is -0.474. The first-order valence-corrected chi connectivity index (χ1v) is 15.8. The zero-order chi connectivity index (χ0) is 33.5. The summed E-state index contributed by atoms with van der Waals surface area (Å²) in [5.41, 5.74) is 2.16. The number of carboxylic acid groups (broad SMARTS) is 1. The number of benzene rings is 1. The summed E-state index contributed by atoms with van der Waals surface area (Å²) in [6.45, 7) is 1.27. The van der Waals surface area contributed by atoms with Crippen LogP contribution in [0.4, 0.5) is 13.2 Å². The maximum Gasteiger partial charge on any atom is 0.401 e. The first-order chi connectivity index (χ1) is 22.4. The van der Waals surface area contributed by atoms with E-state index in [-0.39, 0.29) is 54.2 Å². The minimum Gasteiger partial charge on any atom is -0.491 e. The predicted octanol–water partition coefficient (Wildman–Crippen LogP) is 6.42. The highest BCUT2D eigenvalue weighted by Crippen LogP contribution is 2.40. The van der Waals surface area contributed by atoms with Crippen molar-refractivity contribution >= 4 is 50.0 Å². The van der Waals surface area contributed by atoms with Crippen LogP contribution in [-0.4, -0.2) is 67.9 Å². The van der Waals surface area contributed by atoms with E-state index in [1.54, 1.807) is 31.2 Å². The van der Waals surface area contributed by atoms with Gasteiger partial charge in [0.2, 0.25) is 0 Å². The number of hydrogen-bond donors (Lipinski definition) is 1. The molecule has 1 N–H and O–H groups in total. The van der Waals surface area contributed by atoms with Crippen LogP contribution in [0.1, 0.15) is 46.2 Å². The second-order valence-corrected chi connectivity index (χ2v) is 12.5. The number of fused-ring (bicyclic) bond motifs is 2. The molecule has 0 bridgehead atoms. The molecule has 0 amide bonds. The molecule has 0 atom stereocenters. The average molecular weight is 683 g/mol. The van der Waals surface area contributed by atoms with E-state index in [1.165, 1.54) is 38.6 Å². The van der Waals surface area contributed by atoms with Crippen molar-refractivity contribution in [3.8, 4) is 22.9 Å². The van der Waals surface area contributed by atoms with E-state index < -0.39 is 24.2 Å². The SMILES string of the molecule is Cc1nc2c(C3CCN(CC(F)(F)F)CC3)ncc(C#N)c2c(=O)n1CCOc1ccc(Cl)cc1-c1ccnc2c(C(=O)O)csc12. The third-order valence-corrected chi connectivity index (χ3v) is 9.43. The number of ether oxygens (including phenoxy) is 1.